The summed E-state index contributed by atoms with van der Waals surface area (Å²) in [4.78, 5) is 48.0. The van der Waals surface area contributed by atoms with Crippen molar-refractivity contribution >= 4 is 34.6 Å². The zero-order valence-electron chi connectivity index (χ0n) is 18.8. The van der Waals surface area contributed by atoms with E-state index < -0.39 is 0 Å². The van der Waals surface area contributed by atoms with Crippen molar-refractivity contribution in [3.05, 3.63) is 58.4 Å². The van der Waals surface area contributed by atoms with Crippen LogP contribution < -0.4 is 21.1 Å². The van der Waals surface area contributed by atoms with E-state index in [-0.39, 0.29) is 35.8 Å². The highest BCUT2D eigenvalue weighted by atomic mass is 16.2. The molecule has 32 heavy (non-hydrogen) atoms. The first-order valence-electron chi connectivity index (χ1n) is 10.6. The molecule has 2 amide bonds. The van der Waals surface area contributed by atoms with Crippen LogP contribution in [0.4, 0.5) is 11.6 Å². The summed E-state index contributed by atoms with van der Waals surface area (Å²) in [5.74, 6) is 0.162. The smallest absolute Gasteiger partial charge is 0.295 e. The number of amides is 2. The van der Waals surface area contributed by atoms with Gasteiger partial charge in [-0.2, -0.15) is 0 Å². The highest BCUT2D eigenvalue weighted by Crippen LogP contribution is 2.25. The molecule has 2 heterocycles. The van der Waals surface area contributed by atoms with Gasteiger partial charge in [0.2, 0.25) is 11.8 Å². The molecule has 0 fully saturated rings. The fourth-order valence-corrected chi connectivity index (χ4v) is 3.53. The Kier molecular flexibility index (Phi) is 7.19. The lowest BCUT2D eigenvalue weighted by Gasteiger charge is -2.23. The Morgan fingerprint density at radius 1 is 1.09 bits per heavy atom. The quantitative estimate of drug-likeness (QED) is 0.561. The van der Waals surface area contributed by atoms with Crippen LogP contribution in [0, 0.1) is 0 Å². The lowest BCUT2D eigenvalue weighted by Crippen LogP contribution is -2.33. The fraction of sp³-hybridized carbons (Fsp3) is 0.348. The molecule has 0 aliphatic heterocycles. The van der Waals surface area contributed by atoms with Crippen LogP contribution in [0.5, 0.6) is 0 Å². The van der Waals surface area contributed by atoms with Crippen molar-refractivity contribution < 1.29 is 9.59 Å². The predicted molar refractivity (Wildman–Crippen MR) is 125 cm³/mol. The van der Waals surface area contributed by atoms with Crippen LogP contribution in [0.1, 0.15) is 38.3 Å². The Hall–Kier alpha value is -3.75. The number of fused-ring (bicyclic) bond motifs is 1. The number of carbonyl (C=O) groups is 2. The van der Waals surface area contributed by atoms with Crippen molar-refractivity contribution in [3.63, 3.8) is 0 Å². The van der Waals surface area contributed by atoms with E-state index in [0.717, 1.165) is 5.56 Å². The summed E-state index contributed by atoms with van der Waals surface area (Å²) in [6.45, 7) is 3.69. The molecule has 3 rings (SSSR count). The fourth-order valence-electron chi connectivity index (χ4n) is 3.53. The predicted octanol–water partition coefficient (Wildman–Crippen LogP) is 2.32. The number of benzene rings is 1. The van der Waals surface area contributed by atoms with Gasteiger partial charge in [-0.1, -0.05) is 44.2 Å². The molecule has 0 bridgehead atoms. The van der Waals surface area contributed by atoms with E-state index >= 15 is 0 Å². The second-order valence-electron chi connectivity index (χ2n) is 7.32. The second-order valence-corrected chi connectivity index (χ2v) is 7.32. The van der Waals surface area contributed by atoms with E-state index in [0.29, 0.717) is 29.8 Å². The van der Waals surface area contributed by atoms with Crippen LogP contribution in [0.2, 0.25) is 0 Å². The number of nitrogens with one attached hydrogen (secondary N) is 2. The molecular formula is C23H28N6O3. The van der Waals surface area contributed by atoms with Gasteiger partial charge in [0.1, 0.15) is 11.3 Å². The van der Waals surface area contributed by atoms with Gasteiger partial charge in [0, 0.05) is 20.5 Å². The maximum Gasteiger partial charge on any atom is 0.295 e. The van der Waals surface area contributed by atoms with Gasteiger partial charge in [-0.05, 0) is 24.1 Å². The van der Waals surface area contributed by atoms with Crippen molar-refractivity contribution in [2.24, 2.45) is 0 Å². The SMILES string of the molecule is CCC(=O)N(C)c1ccc2nc(NCC(=O)NC)c(=O)n([C@@H](CC)c3ccccc3)c2n1. The summed E-state index contributed by atoms with van der Waals surface area (Å²) in [5.41, 5.74) is 1.43. The molecule has 0 spiro atoms. The molecule has 9 heteroatoms. The van der Waals surface area contributed by atoms with Gasteiger partial charge in [-0.15, -0.1) is 0 Å². The average molecular weight is 437 g/mol. The topological polar surface area (TPSA) is 109 Å². The zero-order valence-corrected chi connectivity index (χ0v) is 18.8. The minimum Gasteiger partial charge on any atom is -0.358 e. The number of hydrogen-bond acceptors (Lipinski definition) is 6. The molecule has 0 saturated carbocycles. The Morgan fingerprint density at radius 2 is 1.81 bits per heavy atom. The molecule has 9 nitrogen and oxygen atoms in total. The van der Waals surface area contributed by atoms with Crippen molar-refractivity contribution in [1.82, 2.24) is 19.9 Å². The molecule has 0 aliphatic rings. The first-order valence-corrected chi connectivity index (χ1v) is 10.6. The van der Waals surface area contributed by atoms with E-state index in [4.69, 9.17) is 0 Å². The summed E-state index contributed by atoms with van der Waals surface area (Å²) in [6, 6.07) is 12.8. The molecule has 2 aromatic heterocycles. The molecule has 1 aromatic carbocycles. The standard InChI is InChI=1S/C23H28N6O3/c1-5-17(15-10-8-7-9-11-15)29-22-16(12-13-18(27-22)28(4)20(31)6-2)26-21(23(29)32)25-14-19(30)24-3/h7-13,17H,5-6,14H2,1-4H3,(H,24,30)(H,25,26)/t17-/m0/s1. The van der Waals surface area contributed by atoms with Gasteiger partial charge in [-0.25, -0.2) is 9.97 Å². The monoisotopic (exact) mass is 436 g/mol. The number of rotatable bonds is 8. The molecular weight excluding hydrogens is 408 g/mol. The second kappa shape index (κ2) is 10.0. The van der Waals surface area contributed by atoms with Gasteiger partial charge in [0.15, 0.2) is 11.5 Å². The maximum absolute atomic E-state index is 13.5. The maximum atomic E-state index is 13.5. The number of aromatic nitrogens is 3. The summed E-state index contributed by atoms with van der Waals surface area (Å²) >= 11 is 0. The van der Waals surface area contributed by atoms with E-state index in [1.165, 1.54) is 11.9 Å². The van der Waals surface area contributed by atoms with Gasteiger partial charge in [-0.3, -0.25) is 23.9 Å². The Labute approximate surface area is 186 Å². The number of anilines is 2. The highest BCUT2D eigenvalue weighted by Gasteiger charge is 2.22. The minimum atomic E-state index is -0.383. The van der Waals surface area contributed by atoms with E-state index in [1.807, 2.05) is 37.3 Å². The normalized spacial score (nSPS) is 11.8. The Bertz CT molecular complexity index is 1180. The van der Waals surface area contributed by atoms with E-state index in [1.54, 1.807) is 30.7 Å². The Balaban J connectivity index is 2.24. The molecule has 0 aliphatic carbocycles. The molecule has 3 aromatic rings. The highest BCUT2D eigenvalue weighted by molar-refractivity contribution is 5.92. The van der Waals surface area contributed by atoms with Gasteiger partial charge in [0.25, 0.3) is 5.56 Å². The molecule has 0 radical (unpaired) electrons. The number of hydrogen-bond donors (Lipinski definition) is 2. The van der Waals surface area contributed by atoms with Crippen LogP contribution in [0.3, 0.4) is 0 Å². The first-order chi connectivity index (χ1) is 15.4. The first kappa shape index (κ1) is 22.9. The lowest BCUT2D eigenvalue weighted by atomic mass is 10.0. The van der Waals surface area contributed by atoms with Gasteiger partial charge in [0.05, 0.1) is 12.6 Å². The molecule has 2 N–H and O–H groups in total. The van der Waals surface area contributed by atoms with Crippen LogP contribution in [-0.2, 0) is 9.59 Å². The number of carbonyl (C=O) groups excluding carboxylic acids is 2. The number of likely N-dealkylation sites (N-methyl/N-ethyl adjacent to an activating group) is 1. The van der Waals surface area contributed by atoms with Crippen LogP contribution >= 0.6 is 0 Å². The van der Waals surface area contributed by atoms with Gasteiger partial charge >= 0.3 is 0 Å². The largest absolute Gasteiger partial charge is 0.358 e. The summed E-state index contributed by atoms with van der Waals surface area (Å²) in [5, 5.41) is 5.36. The van der Waals surface area contributed by atoms with Crippen molar-refractivity contribution in [2.75, 3.05) is 30.9 Å². The van der Waals surface area contributed by atoms with Crippen LogP contribution in [0.15, 0.2) is 47.3 Å². The lowest BCUT2D eigenvalue weighted by molar-refractivity contribution is -0.119. The summed E-state index contributed by atoms with van der Waals surface area (Å²) in [6.07, 6.45) is 0.971. The summed E-state index contributed by atoms with van der Waals surface area (Å²) in [7, 11) is 3.18. The molecule has 1 atom stereocenters. The molecule has 168 valence electrons. The third kappa shape index (κ3) is 4.61. The minimum absolute atomic E-state index is 0.0722. The van der Waals surface area contributed by atoms with Crippen molar-refractivity contribution in [2.45, 2.75) is 32.7 Å². The van der Waals surface area contributed by atoms with Crippen LogP contribution in [-0.4, -0.2) is 47.0 Å². The third-order valence-electron chi connectivity index (χ3n) is 5.32. The summed E-state index contributed by atoms with van der Waals surface area (Å²) < 4.78 is 1.59. The number of nitrogens with zero attached hydrogens (tertiary/aromatic N) is 4. The number of pyridine rings is 1. The van der Waals surface area contributed by atoms with Gasteiger partial charge < -0.3 is 10.6 Å². The zero-order chi connectivity index (χ0) is 23.3. The average Bonchev–Trinajstić information content (AvgIpc) is 2.83. The molecule has 0 saturated heterocycles. The van der Waals surface area contributed by atoms with Crippen molar-refractivity contribution in [1.29, 1.82) is 0 Å². The van der Waals surface area contributed by atoms with Crippen LogP contribution in [0.25, 0.3) is 11.2 Å². The third-order valence-corrected chi connectivity index (χ3v) is 5.32. The van der Waals surface area contributed by atoms with Crippen molar-refractivity contribution in [3.8, 4) is 0 Å². The molecule has 0 unspecified atom stereocenters. The Morgan fingerprint density at radius 3 is 2.44 bits per heavy atom. The van der Waals surface area contributed by atoms with E-state index in [2.05, 4.69) is 20.6 Å². The van der Waals surface area contributed by atoms with E-state index in [9.17, 15) is 14.4 Å².